The Balaban J connectivity index is 0.000000173. The molecular formula is C45H48BN5O6S2. The van der Waals surface area contributed by atoms with Gasteiger partial charge in [0, 0.05) is 53.2 Å². The van der Waals surface area contributed by atoms with Crippen molar-refractivity contribution in [3.05, 3.63) is 115 Å². The van der Waals surface area contributed by atoms with E-state index in [0.717, 1.165) is 56.2 Å². The van der Waals surface area contributed by atoms with Crippen LogP contribution >= 0.6 is 0 Å². The number of benzene rings is 2. The molecule has 59 heavy (non-hydrogen) atoms. The zero-order valence-corrected chi connectivity index (χ0v) is 36.0. The van der Waals surface area contributed by atoms with E-state index < -0.39 is 38.0 Å². The minimum absolute atomic E-state index is 0.290. The minimum Gasteiger partial charge on any atom is -0.399 e. The average molecular weight is 830 g/mol. The highest BCUT2D eigenvalue weighted by Gasteiger charge is 2.51. The normalized spacial score (nSPS) is 19.2. The maximum absolute atomic E-state index is 11.9. The van der Waals surface area contributed by atoms with Gasteiger partial charge in [-0.3, -0.25) is 19.6 Å². The number of nitrogens with zero attached hydrogens (tertiary/aromatic N) is 5. The van der Waals surface area contributed by atoms with Crippen LogP contribution in [0.4, 0.5) is 0 Å². The molecule has 2 aromatic carbocycles. The average Bonchev–Trinajstić information content (AvgIpc) is 3.74. The Hall–Kier alpha value is -5.02. The van der Waals surface area contributed by atoms with Gasteiger partial charge in [-0.25, -0.2) is 16.8 Å². The van der Waals surface area contributed by atoms with Crippen molar-refractivity contribution in [3.8, 4) is 45.0 Å². The lowest BCUT2D eigenvalue weighted by Crippen LogP contribution is -2.41. The number of sulfone groups is 2. The number of aryl methyl sites for hydroxylation is 1. The van der Waals surface area contributed by atoms with Crippen molar-refractivity contribution in [3.63, 3.8) is 0 Å². The van der Waals surface area contributed by atoms with Crippen LogP contribution < -0.4 is 5.46 Å². The largest absolute Gasteiger partial charge is 0.494 e. The first-order valence-corrected chi connectivity index (χ1v) is 23.6. The smallest absolute Gasteiger partial charge is 0.399 e. The van der Waals surface area contributed by atoms with E-state index in [1.165, 1.54) is 43.9 Å². The van der Waals surface area contributed by atoms with Crippen LogP contribution in [0.5, 0.6) is 0 Å². The molecule has 3 aliphatic heterocycles. The second kappa shape index (κ2) is 15.2. The van der Waals surface area contributed by atoms with E-state index in [1.807, 2.05) is 89.3 Å². The number of hydrogen-bond donors (Lipinski definition) is 0. The Bertz CT molecular complexity index is 2750. The van der Waals surface area contributed by atoms with Gasteiger partial charge in [0.25, 0.3) is 0 Å². The summed E-state index contributed by atoms with van der Waals surface area (Å²) in [4.78, 5) is 14.4. The van der Waals surface area contributed by atoms with Crippen molar-refractivity contribution in [2.24, 2.45) is 0 Å². The van der Waals surface area contributed by atoms with E-state index in [0.29, 0.717) is 21.8 Å². The highest BCUT2D eigenvalue weighted by Crippen LogP contribution is 2.51. The molecule has 0 spiro atoms. The van der Waals surface area contributed by atoms with Gasteiger partial charge in [0.05, 0.1) is 49.8 Å². The van der Waals surface area contributed by atoms with E-state index in [1.54, 1.807) is 42.6 Å². The summed E-state index contributed by atoms with van der Waals surface area (Å²) in [5.41, 5.74) is 9.70. The third-order valence-corrected chi connectivity index (χ3v) is 14.3. The lowest BCUT2D eigenvalue weighted by molar-refractivity contribution is 0.00578. The van der Waals surface area contributed by atoms with Crippen molar-refractivity contribution in [1.82, 2.24) is 24.7 Å². The van der Waals surface area contributed by atoms with Gasteiger partial charge in [0.15, 0.2) is 19.7 Å². The van der Waals surface area contributed by atoms with E-state index in [4.69, 9.17) is 19.4 Å². The monoisotopic (exact) mass is 829 g/mol. The van der Waals surface area contributed by atoms with Gasteiger partial charge < -0.3 is 9.31 Å². The zero-order valence-electron chi connectivity index (χ0n) is 34.4. The van der Waals surface area contributed by atoms with E-state index in [-0.39, 0.29) is 0 Å². The Morgan fingerprint density at radius 1 is 0.661 bits per heavy atom. The summed E-state index contributed by atoms with van der Waals surface area (Å²) >= 11 is 0. The second-order valence-corrected chi connectivity index (χ2v) is 20.8. The summed E-state index contributed by atoms with van der Waals surface area (Å²) in [6.45, 7) is 10.1. The van der Waals surface area contributed by atoms with Crippen LogP contribution in [0.25, 0.3) is 45.0 Å². The molecule has 7 heterocycles. The van der Waals surface area contributed by atoms with Crippen LogP contribution in [0, 0.1) is 6.92 Å². The van der Waals surface area contributed by atoms with Gasteiger partial charge in [0.1, 0.15) is 5.69 Å². The highest BCUT2D eigenvalue weighted by molar-refractivity contribution is 7.91. The quantitative estimate of drug-likeness (QED) is 0.145. The van der Waals surface area contributed by atoms with Gasteiger partial charge in [0.2, 0.25) is 0 Å². The Morgan fingerprint density at radius 3 is 1.75 bits per heavy atom. The first-order chi connectivity index (χ1) is 27.9. The molecule has 0 N–H and O–H groups in total. The van der Waals surface area contributed by atoms with Crippen LogP contribution in [-0.2, 0) is 29.0 Å². The molecule has 0 radical (unpaired) electrons. The number of aromatic nitrogens is 5. The SMILES string of the molecule is CC1(C)OB(c2ccnc(-c3ccc(S(C)(=O)=O)cc3)c2)OC1(C)C.Cc1cccc(-c2nn3c(c2-c2ccnc(-c4ccc(S(C)(=O)=O)cc4)c2)C2CCC3CC2)n1. The zero-order chi connectivity index (χ0) is 41.9. The standard InChI is InChI=1S/C27H26N4O2S.C18H22BNO4S/c1-17-4-3-5-23(29-17)26-25(27-19-6-10-21(11-7-19)31(27)30-26)20-14-15-28-24(16-20)18-8-12-22(13-9-18)34(2,32)33;1-17(2)18(3,4)24-19(23-17)14-10-11-20-16(12-14)13-6-8-15(9-7-13)25(5,21)22/h3-5,8-9,12-16,19,21H,6-7,10-11H2,1-2H3;6-12H,1-5H3. The lowest BCUT2D eigenvalue weighted by Gasteiger charge is -2.37. The highest BCUT2D eigenvalue weighted by atomic mass is 32.2. The van der Waals surface area contributed by atoms with Crippen LogP contribution in [0.15, 0.2) is 113 Å². The van der Waals surface area contributed by atoms with Gasteiger partial charge in [-0.1, -0.05) is 30.3 Å². The van der Waals surface area contributed by atoms with Crippen LogP contribution in [0.1, 0.15) is 76.7 Å². The summed E-state index contributed by atoms with van der Waals surface area (Å²) in [7, 11) is -6.90. The molecular weight excluding hydrogens is 781 g/mol. The Kier molecular flexibility index (Phi) is 10.5. The topological polar surface area (TPSA) is 143 Å². The molecule has 14 heteroatoms. The Morgan fingerprint density at radius 2 is 1.20 bits per heavy atom. The molecule has 4 aliphatic rings. The number of pyridine rings is 3. The molecule has 6 aromatic rings. The summed E-state index contributed by atoms with van der Waals surface area (Å²) in [6.07, 6.45) is 10.7. The molecule has 1 aliphatic carbocycles. The van der Waals surface area contributed by atoms with E-state index in [9.17, 15) is 16.8 Å². The fraction of sp³-hybridized carbons (Fsp3) is 0.333. The predicted octanol–water partition coefficient (Wildman–Crippen LogP) is 8.05. The number of rotatable bonds is 7. The third kappa shape index (κ3) is 8.15. The van der Waals surface area contributed by atoms with Crippen molar-refractivity contribution in [2.75, 3.05) is 12.5 Å². The summed E-state index contributed by atoms with van der Waals surface area (Å²) in [5.74, 6) is 0.511. The third-order valence-electron chi connectivity index (χ3n) is 12.0. The molecule has 1 saturated heterocycles. The maximum atomic E-state index is 11.9. The predicted molar refractivity (Wildman–Crippen MR) is 231 cm³/mol. The summed E-state index contributed by atoms with van der Waals surface area (Å²) in [6, 6.07) is 28.1. The lowest BCUT2D eigenvalue weighted by atomic mass is 9.77. The van der Waals surface area contributed by atoms with E-state index >= 15 is 0 Å². The van der Waals surface area contributed by atoms with Crippen LogP contribution in [0.3, 0.4) is 0 Å². The molecule has 304 valence electrons. The van der Waals surface area contributed by atoms with Crippen molar-refractivity contribution < 1.29 is 26.1 Å². The fourth-order valence-corrected chi connectivity index (χ4v) is 9.33. The van der Waals surface area contributed by atoms with Gasteiger partial charge in [-0.05, 0) is 132 Å². The molecule has 4 aromatic heterocycles. The van der Waals surface area contributed by atoms with Gasteiger partial charge in [-0.15, -0.1) is 0 Å². The molecule has 11 nitrogen and oxygen atoms in total. The van der Waals surface area contributed by atoms with Crippen molar-refractivity contribution >= 4 is 32.3 Å². The first kappa shape index (κ1) is 40.8. The summed E-state index contributed by atoms with van der Waals surface area (Å²) < 4.78 is 61.3. The second-order valence-electron chi connectivity index (χ2n) is 16.8. The molecule has 0 unspecified atom stereocenters. The van der Waals surface area contributed by atoms with Crippen LogP contribution in [0.2, 0.25) is 0 Å². The minimum atomic E-state index is -3.24. The number of fused-ring (bicyclic) bond motifs is 2. The molecule has 10 rings (SSSR count). The summed E-state index contributed by atoms with van der Waals surface area (Å²) in [5, 5.41) is 5.13. The molecule has 1 saturated carbocycles. The molecule has 0 amide bonds. The fourth-order valence-electron chi connectivity index (χ4n) is 8.07. The first-order valence-electron chi connectivity index (χ1n) is 19.8. The Labute approximate surface area is 347 Å². The van der Waals surface area contributed by atoms with Gasteiger partial charge in [-0.2, -0.15) is 5.10 Å². The van der Waals surface area contributed by atoms with Gasteiger partial charge >= 0.3 is 7.12 Å². The van der Waals surface area contributed by atoms with Crippen molar-refractivity contribution in [2.45, 2.75) is 93.3 Å². The maximum Gasteiger partial charge on any atom is 0.494 e. The molecule has 2 bridgehead atoms. The molecule has 2 fully saturated rings. The van der Waals surface area contributed by atoms with Crippen LogP contribution in [-0.4, -0.2) is 72.4 Å². The number of hydrogen-bond acceptors (Lipinski definition) is 10. The molecule has 0 atom stereocenters. The van der Waals surface area contributed by atoms with E-state index in [2.05, 4.69) is 20.7 Å². The van der Waals surface area contributed by atoms with Crippen molar-refractivity contribution in [1.29, 1.82) is 0 Å².